The minimum Gasteiger partial charge on any atom is -0.464 e. The molecule has 200 valence electrons. The second kappa shape index (κ2) is 12.5. The van der Waals surface area contributed by atoms with Crippen LogP contribution in [0.3, 0.4) is 0 Å². The summed E-state index contributed by atoms with van der Waals surface area (Å²) >= 11 is 1.53. The molecule has 6 nitrogen and oxygen atoms in total. The average Bonchev–Trinajstić information content (AvgIpc) is 3.40. The van der Waals surface area contributed by atoms with Gasteiger partial charge in [-0.1, -0.05) is 121 Å². The van der Waals surface area contributed by atoms with Crippen LogP contribution in [0.4, 0.5) is 5.69 Å². The Hall–Kier alpha value is -4.62. The first kappa shape index (κ1) is 27.0. The smallest absolute Gasteiger partial charge is 0.360 e. The second-order valence-corrected chi connectivity index (χ2v) is 10.4. The van der Waals surface area contributed by atoms with E-state index in [1.165, 1.54) is 18.9 Å². The number of benzene rings is 4. The third-order valence-electron chi connectivity index (χ3n) is 6.56. The fraction of sp³-hybridized carbons (Fsp3) is 0.121. The van der Waals surface area contributed by atoms with E-state index < -0.39 is 10.7 Å². The fourth-order valence-corrected chi connectivity index (χ4v) is 6.07. The number of hydrogen-bond acceptors (Lipinski definition) is 5. The molecule has 0 spiro atoms. The van der Waals surface area contributed by atoms with Gasteiger partial charge >= 0.3 is 5.97 Å². The summed E-state index contributed by atoms with van der Waals surface area (Å²) in [5.74, 6) is -0.730. The van der Waals surface area contributed by atoms with Gasteiger partial charge in [0, 0.05) is 6.20 Å². The number of carbonyl (C=O) groups is 2. The second-order valence-electron chi connectivity index (χ2n) is 9.18. The van der Waals surface area contributed by atoms with Crippen LogP contribution in [0.15, 0.2) is 128 Å². The van der Waals surface area contributed by atoms with E-state index in [1.54, 1.807) is 10.9 Å². The van der Waals surface area contributed by atoms with Crippen LogP contribution in [0.1, 0.15) is 32.7 Å². The summed E-state index contributed by atoms with van der Waals surface area (Å²) in [6, 6.07) is 40.4. The lowest BCUT2D eigenvalue weighted by atomic mass is 9.84. The molecule has 0 fully saturated rings. The van der Waals surface area contributed by atoms with Gasteiger partial charge in [0.1, 0.15) is 0 Å². The van der Waals surface area contributed by atoms with Crippen molar-refractivity contribution >= 4 is 29.3 Å². The lowest BCUT2D eigenvalue weighted by Gasteiger charge is -2.35. The molecule has 0 saturated carbocycles. The third kappa shape index (κ3) is 5.84. The lowest BCUT2D eigenvalue weighted by Crippen LogP contribution is -2.28. The Morgan fingerprint density at radius 2 is 1.25 bits per heavy atom. The molecule has 5 rings (SSSR count). The first-order valence-corrected chi connectivity index (χ1v) is 13.9. The van der Waals surface area contributed by atoms with Gasteiger partial charge in [-0.25, -0.2) is 4.79 Å². The van der Waals surface area contributed by atoms with Gasteiger partial charge in [-0.3, -0.25) is 9.48 Å². The predicted molar refractivity (Wildman–Crippen MR) is 159 cm³/mol. The molecule has 0 unspecified atom stereocenters. The third-order valence-corrected chi connectivity index (χ3v) is 8.11. The first-order chi connectivity index (χ1) is 19.6. The normalized spacial score (nSPS) is 11.1. The number of ether oxygens (including phenoxy) is 1. The Balaban J connectivity index is 1.45. The van der Waals surface area contributed by atoms with Gasteiger partial charge in [0.2, 0.25) is 5.91 Å². The van der Waals surface area contributed by atoms with E-state index in [0.29, 0.717) is 12.2 Å². The molecule has 1 aromatic heterocycles. The zero-order valence-electron chi connectivity index (χ0n) is 22.1. The maximum Gasteiger partial charge on any atom is 0.360 e. The Labute approximate surface area is 238 Å². The van der Waals surface area contributed by atoms with E-state index in [4.69, 9.17) is 4.74 Å². The molecule has 0 atom stereocenters. The maximum absolute atomic E-state index is 13.5. The van der Waals surface area contributed by atoms with Crippen LogP contribution < -0.4 is 5.32 Å². The Morgan fingerprint density at radius 3 is 1.73 bits per heavy atom. The Bertz CT molecular complexity index is 1460. The molecule has 0 aliphatic heterocycles. The van der Waals surface area contributed by atoms with E-state index in [9.17, 15) is 9.59 Å². The van der Waals surface area contributed by atoms with Crippen LogP contribution in [0.25, 0.3) is 0 Å². The van der Waals surface area contributed by atoms with Gasteiger partial charge in [-0.05, 0) is 22.3 Å². The van der Waals surface area contributed by atoms with Crippen molar-refractivity contribution in [1.82, 2.24) is 9.78 Å². The number of amides is 1. The number of aromatic nitrogens is 2. The SMILES string of the molecule is COC(=O)c1nn(Cc2ccccc2)cc1NC(=O)CSC(c1ccccc1)(c1ccccc1)c1ccccc1. The highest BCUT2D eigenvalue weighted by Crippen LogP contribution is 2.48. The van der Waals surface area contributed by atoms with Crippen LogP contribution in [-0.2, 0) is 20.8 Å². The first-order valence-electron chi connectivity index (χ1n) is 12.9. The summed E-state index contributed by atoms with van der Waals surface area (Å²) in [4.78, 5) is 26.0. The van der Waals surface area contributed by atoms with Crippen molar-refractivity contribution in [3.8, 4) is 0 Å². The largest absolute Gasteiger partial charge is 0.464 e. The number of carbonyl (C=O) groups excluding carboxylic acids is 2. The van der Waals surface area contributed by atoms with Crippen LogP contribution >= 0.6 is 11.8 Å². The van der Waals surface area contributed by atoms with E-state index >= 15 is 0 Å². The molecule has 5 aromatic rings. The molecule has 1 N–H and O–H groups in total. The van der Waals surface area contributed by atoms with Gasteiger partial charge in [0.25, 0.3) is 0 Å². The molecule has 1 heterocycles. The summed E-state index contributed by atoms with van der Waals surface area (Å²) < 4.78 is 5.93. The molecule has 0 saturated heterocycles. The van der Waals surface area contributed by atoms with Crippen molar-refractivity contribution in [2.75, 3.05) is 18.2 Å². The highest BCUT2D eigenvalue weighted by molar-refractivity contribution is 8.01. The standard InChI is InChI=1S/C33H29N3O3S/c1-39-32(38)31-29(23-36(35-31)22-25-14-6-2-7-15-25)34-30(37)24-40-33(26-16-8-3-9-17-26,27-18-10-4-11-19-27)28-20-12-5-13-21-28/h2-21,23H,22,24H2,1H3,(H,34,37). The van der Waals surface area contributed by atoms with Crippen LogP contribution in [-0.4, -0.2) is 34.5 Å². The minimum absolute atomic E-state index is 0.0669. The van der Waals surface area contributed by atoms with Crippen molar-refractivity contribution in [2.24, 2.45) is 0 Å². The van der Waals surface area contributed by atoms with E-state index in [0.717, 1.165) is 22.3 Å². The number of anilines is 1. The number of nitrogens with one attached hydrogen (secondary N) is 1. The van der Waals surface area contributed by atoms with Crippen LogP contribution in [0.5, 0.6) is 0 Å². The quantitative estimate of drug-likeness (QED) is 0.162. The van der Waals surface area contributed by atoms with Crippen molar-refractivity contribution in [2.45, 2.75) is 11.3 Å². The number of rotatable bonds is 10. The molecule has 7 heteroatoms. The minimum atomic E-state index is -0.635. The molecule has 40 heavy (non-hydrogen) atoms. The number of nitrogens with zero attached hydrogens (tertiary/aromatic N) is 2. The monoisotopic (exact) mass is 547 g/mol. The van der Waals surface area contributed by atoms with E-state index in [2.05, 4.69) is 46.8 Å². The van der Waals surface area contributed by atoms with Crippen molar-refractivity contribution < 1.29 is 14.3 Å². The van der Waals surface area contributed by atoms with Crippen LogP contribution in [0, 0.1) is 0 Å². The summed E-state index contributed by atoms with van der Waals surface area (Å²) in [6.07, 6.45) is 1.67. The lowest BCUT2D eigenvalue weighted by molar-refractivity contribution is -0.113. The Morgan fingerprint density at radius 1 is 0.775 bits per heavy atom. The van der Waals surface area contributed by atoms with Gasteiger partial charge < -0.3 is 10.1 Å². The topological polar surface area (TPSA) is 73.2 Å². The number of hydrogen-bond donors (Lipinski definition) is 1. The molecular weight excluding hydrogens is 518 g/mol. The number of esters is 1. The molecule has 4 aromatic carbocycles. The summed E-state index contributed by atoms with van der Waals surface area (Å²) in [5.41, 5.74) is 4.60. The van der Waals surface area contributed by atoms with Crippen molar-refractivity contribution in [3.05, 3.63) is 155 Å². The maximum atomic E-state index is 13.5. The summed E-state index contributed by atoms with van der Waals surface area (Å²) in [7, 11) is 1.30. The number of thioether (sulfide) groups is 1. The van der Waals surface area contributed by atoms with Gasteiger partial charge in [0.15, 0.2) is 5.69 Å². The summed E-state index contributed by atoms with van der Waals surface area (Å²) in [5, 5.41) is 7.32. The molecule has 0 bridgehead atoms. The molecule has 0 aliphatic rings. The Kier molecular flexibility index (Phi) is 8.42. The van der Waals surface area contributed by atoms with Crippen molar-refractivity contribution in [1.29, 1.82) is 0 Å². The highest BCUT2D eigenvalue weighted by Gasteiger charge is 2.37. The fourth-order valence-electron chi connectivity index (χ4n) is 4.74. The van der Waals surface area contributed by atoms with Gasteiger partial charge in [-0.2, -0.15) is 5.10 Å². The summed E-state index contributed by atoms with van der Waals surface area (Å²) in [6.45, 7) is 0.453. The molecule has 0 radical (unpaired) electrons. The molecular formula is C33H29N3O3S. The zero-order valence-corrected chi connectivity index (χ0v) is 22.9. The van der Waals surface area contributed by atoms with Crippen LogP contribution in [0.2, 0.25) is 0 Å². The predicted octanol–water partition coefficient (Wildman–Crippen LogP) is 6.38. The molecule has 0 aliphatic carbocycles. The van der Waals surface area contributed by atoms with Crippen molar-refractivity contribution in [3.63, 3.8) is 0 Å². The van der Waals surface area contributed by atoms with E-state index in [1.807, 2.05) is 84.9 Å². The van der Waals surface area contributed by atoms with E-state index in [-0.39, 0.29) is 17.4 Å². The average molecular weight is 548 g/mol. The van der Waals surface area contributed by atoms with Gasteiger partial charge in [0.05, 0.1) is 29.8 Å². The zero-order chi connectivity index (χ0) is 27.8. The molecule has 1 amide bonds. The van der Waals surface area contributed by atoms with Gasteiger partial charge in [-0.15, -0.1) is 11.8 Å². The highest BCUT2D eigenvalue weighted by atomic mass is 32.2. The number of methoxy groups -OCH3 is 1.